The van der Waals surface area contributed by atoms with Crippen LogP contribution in [0, 0.1) is 17.7 Å². The summed E-state index contributed by atoms with van der Waals surface area (Å²) in [6.45, 7) is 3.97. The second kappa shape index (κ2) is 9.38. The van der Waals surface area contributed by atoms with E-state index in [1.54, 1.807) is 18.2 Å². The predicted molar refractivity (Wildman–Crippen MR) is 129 cm³/mol. The summed E-state index contributed by atoms with van der Waals surface area (Å²) < 4.78 is 42.6. The van der Waals surface area contributed by atoms with Gasteiger partial charge in [0.2, 0.25) is 13.2 Å². The molecule has 0 bridgehead atoms. The van der Waals surface area contributed by atoms with Crippen molar-refractivity contribution in [2.75, 3.05) is 0 Å². The molecular weight excluding hydrogens is 437 g/mol. The minimum absolute atomic E-state index is 0.157. The van der Waals surface area contributed by atoms with Crippen LogP contribution in [0.25, 0.3) is 0 Å². The van der Waals surface area contributed by atoms with E-state index >= 15 is 0 Å². The smallest absolute Gasteiger partial charge is 0.212 e. The number of benzene rings is 3. The zero-order valence-corrected chi connectivity index (χ0v) is 19.3. The third kappa shape index (κ3) is 4.39. The lowest BCUT2D eigenvalue weighted by molar-refractivity contribution is 0.344. The highest BCUT2D eigenvalue weighted by Gasteiger charge is 2.44. The van der Waals surface area contributed by atoms with E-state index in [2.05, 4.69) is 10.1 Å². The van der Waals surface area contributed by atoms with Crippen molar-refractivity contribution in [1.82, 2.24) is 10.1 Å². The summed E-state index contributed by atoms with van der Waals surface area (Å²) in [4.78, 5) is 3.88. The van der Waals surface area contributed by atoms with E-state index in [1.807, 2.05) is 74.5 Å². The third-order valence-electron chi connectivity index (χ3n) is 5.92. The molecule has 0 unspecified atom stereocenters. The largest absolute Gasteiger partial charge is 0.296 e. The monoisotopic (exact) mass is 462 g/mol. The molecule has 4 rings (SSSR count). The lowest BCUT2D eigenvalue weighted by atomic mass is 9.76. The maximum Gasteiger partial charge on any atom is 0.212 e. The fraction of sp³-hybridized carbons (Fsp3) is 0.148. The Bertz CT molecular complexity index is 1160. The molecule has 1 aromatic heterocycles. The molecule has 0 saturated carbocycles. The van der Waals surface area contributed by atoms with Crippen molar-refractivity contribution < 1.29 is 13.3 Å². The summed E-state index contributed by atoms with van der Waals surface area (Å²) in [6, 6.07) is 27.5. The molecule has 0 aliphatic rings. The van der Waals surface area contributed by atoms with Crippen molar-refractivity contribution in [3.8, 4) is 0 Å². The minimum Gasteiger partial charge on any atom is -0.296 e. The molecule has 0 aliphatic heterocycles. The Kier molecular flexibility index (Phi) is 6.55. The lowest BCUT2D eigenvalue weighted by Crippen LogP contribution is -2.49. The van der Waals surface area contributed by atoms with Crippen LogP contribution in [0.5, 0.6) is 0 Å². The summed E-state index contributed by atoms with van der Waals surface area (Å²) in [5, 5.41) is 4.79. The molecule has 0 saturated heterocycles. The second-order valence-corrected chi connectivity index (χ2v) is 10.7. The van der Waals surface area contributed by atoms with Gasteiger partial charge in [-0.25, -0.2) is 14.5 Å². The molecule has 6 heteroatoms. The summed E-state index contributed by atoms with van der Waals surface area (Å²) in [6.07, 6.45) is 1.45. The van der Waals surface area contributed by atoms with Gasteiger partial charge < -0.3 is 0 Å². The minimum atomic E-state index is -3.42. The summed E-state index contributed by atoms with van der Waals surface area (Å²) >= 11 is 0. The standard InChI is InChI=1S/C27H25F2N2OP/c1-20(2)27(21-13-16-23(28)17-14-21,22-15-18-26(29)30-19-22)31-33(32,24-9-5-3-6-10-24)25-11-7-4-8-12-25/h3-20H,1-2H3,(H,31,32)/t27-/m0/s1. The van der Waals surface area contributed by atoms with E-state index in [1.165, 1.54) is 24.4 Å². The molecule has 3 aromatic carbocycles. The van der Waals surface area contributed by atoms with E-state index in [4.69, 9.17) is 0 Å². The van der Waals surface area contributed by atoms with Gasteiger partial charge in [-0.1, -0.05) is 68.4 Å². The van der Waals surface area contributed by atoms with Crippen LogP contribution < -0.4 is 15.7 Å². The van der Waals surface area contributed by atoms with Crippen LogP contribution in [-0.4, -0.2) is 4.98 Å². The molecule has 168 valence electrons. The van der Waals surface area contributed by atoms with Crippen LogP contribution in [0.15, 0.2) is 103 Å². The number of pyridine rings is 1. The summed E-state index contributed by atoms with van der Waals surface area (Å²) in [7, 11) is -3.42. The van der Waals surface area contributed by atoms with E-state index in [0.717, 1.165) is 0 Å². The van der Waals surface area contributed by atoms with Gasteiger partial charge in [0.1, 0.15) is 5.82 Å². The Morgan fingerprint density at radius 1 is 0.758 bits per heavy atom. The van der Waals surface area contributed by atoms with Gasteiger partial charge in [0.05, 0.1) is 5.54 Å². The zero-order valence-electron chi connectivity index (χ0n) is 18.5. The maximum absolute atomic E-state index is 14.9. The van der Waals surface area contributed by atoms with Crippen LogP contribution in [0.4, 0.5) is 8.78 Å². The average molecular weight is 462 g/mol. The van der Waals surface area contributed by atoms with Crippen molar-refractivity contribution in [1.29, 1.82) is 0 Å². The van der Waals surface area contributed by atoms with Gasteiger partial charge in [0, 0.05) is 16.8 Å². The van der Waals surface area contributed by atoms with Crippen LogP contribution in [-0.2, 0) is 10.1 Å². The first kappa shape index (κ1) is 23.0. The van der Waals surface area contributed by atoms with Crippen LogP contribution in [0.3, 0.4) is 0 Å². The van der Waals surface area contributed by atoms with Gasteiger partial charge >= 0.3 is 0 Å². The highest BCUT2D eigenvalue weighted by atomic mass is 31.2. The number of halogens is 2. The van der Waals surface area contributed by atoms with Crippen LogP contribution in [0.1, 0.15) is 25.0 Å². The van der Waals surface area contributed by atoms with Gasteiger partial charge in [0.25, 0.3) is 0 Å². The molecule has 0 radical (unpaired) electrons. The first-order chi connectivity index (χ1) is 15.9. The van der Waals surface area contributed by atoms with Crippen molar-refractivity contribution >= 4 is 17.9 Å². The molecule has 33 heavy (non-hydrogen) atoms. The van der Waals surface area contributed by atoms with Gasteiger partial charge in [-0.2, -0.15) is 4.39 Å². The van der Waals surface area contributed by atoms with E-state index in [-0.39, 0.29) is 11.7 Å². The number of nitrogens with one attached hydrogen (secondary N) is 1. The first-order valence-corrected chi connectivity index (χ1v) is 12.5. The van der Waals surface area contributed by atoms with Crippen LogP contribution >= 0.6 is 7.29 Å². The Labute approximate surface area is 193 Å². The third-order valence-corrected chi connectivity index (χ3v) is 8.64. The molecular formula is C27H25F2N2OP. The molecule has 1 N–H and O–H groups in total. The number of aromatic nitrogens is 1. The number of rotatable bonds is 7. The van der Waals surface area contributed by atoms with E-state index in [9.17, 15) is 13.3 Å². The molecule has 0 spiro atoms. The Hall–Kier alpha value is -3.14. The first-order valence-electron chi connectivity index (χ1n) is 10.7. The Balaban J connectivity index is 2.01. The molecule has 3 nitrogen and oxygen atoms in total. The molecule has 1 heterocycles. The van der Waals surface area contributed by atoms with Crippen molar-refractivity contribution in [2.24, 2.45) is 5.92 Å². The number of hydrogen-bond donors (Lipinski definition) is 1. The molecule has 4 aromatic rings. The van der Waals surface area contributed by atoms with Crippen LogP contribution in [0.2, 0.25) is 0 Å². The van der Waals surface area contributed by atoms with Crippen molar-refractivity contribution in [3.05, 3.63) is 126 Å². The highest BCUT2D eigenvalue weighted by Crippen LogP contribution is 2.48. The summed E-state index contributed by atoms with van der Waals surface area (Å²) in [5.74, 6) is -1.14. The van der Waals surface area contributed by atoms with Gasteiger partial charge in [-0.3, -0.25) is 4.57 Å². The average Bonchev–Trinajstić information content (AvgIpc) is 2.84. The lowest BCUT2D eigenvalue weighted by Gasteiger charge is -2.42. The number of nitrogens with zero attached hydrogens (tertiary/aromatic N) is 1. The van der Waals surface area contributed by atoms with Crippen molar-refractivity contribution in [2.45, 2.75) is 19.4 Å². The fourth-order valence-corrected chi connectivity index (χ4v) is 6.97. The summed E-state index contributed by atoms with van der Waals surface area (Å²) in [5.41, 5.74) is 0.298. The molecule has 0 aliphatic carbocycles. The molecule has 0 amide bonds. The van der Waals surface area contributed by atoms with Gasteiger partial charge in [-0.05, 0) is 59.5 Å². The Morgan fingerprint density at radius 3 is 1.73 bits per heavy atom. The number of hydrogen-bond acceptors (Lipinski definition) is 2. The zero-order chi connectivity index (χ0) is 23.5. The van der Waals surface area contributed by atoms with Gasteiger partial charge in [0.15, 0.2) is 0 Å². The van der Waals surface area contributed by atoms with Gasteiger partial charge in [-0.15, -0.1) is 0 Å². The fourth-order valence-electron chi connectivity index (χ4n) is 4.22. The second-order valence-electron chi connectivity index (χ2n) is 8.23. The maximum atomic E-state index is 14.9. The van der Waals surface area contributed by atoms with E-state index < -0.39 is 18.8 Å². The van der Waals surface area contributed by atoms with Crippen molar-refractivity contribution in [3.63, 3.8) is 0 Å². The predicted octanol–water partition coefficient (Wildman–Crippen LogP) is 5.78. The SMILES string of the molecule is CC(C)[C@](NP(=O)(c1ccccc1)c1ccccc1)(c1ccc(F)cc1)c1ccc(F)nc1. The molecule has 0 fully saturated rings. The normalized spacial score (nSPS) is 13.6. The Morgan fingerprint density at radius 2 is 1.27 bits per heavy atom. The topological polar surface area (TPSA) is 42.0 Å². The van der Waals surface area contributed by atoms with E-state index in [0.29, 0.717) is 21.7 Å². The quantitative estimate of drug-likeness (QED) is 0.280. The highest BCUT2D eigenvalue weighted by molar-refractivity contribution is 7.77. The molecule has 1 atom stereocenters.